The summed E-state index contributed by atoms with van der Waals surface area (Å²) in [4.78, 5) is 0. The van der Waals surface area contributed by atoms with Crippen molar-refractivity contribution >= 4 is 0 Å². The molecule has 5 heteroatoms. The maximum absolute atomic E-state index is 5.94. The molecular formula is C11H20N2O3. The summed E-state index contributed by atoms with van der Waals surface area (Å²) >= 11 is 0. The van der Waals surface area contributed by atoms with E-state index in [-0.39, 0.29) is 5.54 Å². The second kappa shape index (κ2) is 5.98. The highest BCUT2D eigenvalue weighted by atomic mass is 16.5. The number of methoxy groups -OCH3 is 1. The van der Waals surface area contributed by atoms with Gasteiger partial charge in [-0.05, 0) is 13.3 Å². The fraction of sp³-hybridized carbons (Fsp3) is 0.727. The Balaban J connectivity index is 2.31. The third kappa shape index (κ3) is 4.30. The summed E-state index contributed by atoms with van der Waals surface area (Å²) in [6.07, 6.45) is 0.876. The van der Waals surface area contributed by atoms with Gasteiger partial charge in [0.25, 0.3) is 0 Å². The van der Waals surface area contributed by atoms with Gasteiger partial charge in [0.15, 0.2) is 5.76 Å². The van der Waals surface area contributed by atoms with Crippen LogP contribution in [-0.2, 0) is 22.7 Å². The zero-order chi connectivity index (χ0) is 12.0. The standard InChI is InChI=1S/C11H20N2O3/c1-4-11(2,12)8-15-6-9-5-10(7-14-3)16-13-9/h5H,4,6-8,12H2,1-3H3. The maximum Gasteiger partial charge on any atom is 0.162 e. The van der Waals surface area contributed by atoms with Crippen molar-refractivity contribution in [2.75, 3.05) is 13.7 Å². The molecule has 0 bridgehead atoms. The van der Waals surface area contributed by atoms with E-state index in [4.69, 9.17) is 19.7 Å². The van der Waals surface area contributed by atoms with Gasteiger partial charge in [0.05, 0.1) is 13.2 Å². The first-order valence-corrected chi connectivity index (χ1v) is 5.37. The van der Waals surface area contributed by atoms with Gasteiger partial charge in [-0.15, -0.1) is 0 Å². The zero-order valence-electron chi connectivity index (χ0n) is 10.2. The minimum absolute atomic E-state index is 0.279. The van der Waals surface area contributed by atoms with Crippen molar-refractivity contribution in [3.05, 3.63) is 17.5 Å². The number of aromatic nitrogens is 1. The highest BCUT2D eigenvalue weighted by Crippen LogP contribution is 2.09. The summed E-state index contributed by atoms with van der Waals surface area (Å²) in [5.74, 6) is 0.701. The predicted octanol–water partition coefficient (Wildman–Crippen LogP) is 1.47. The normalized spacial score (nSPS) is 15.0. The first kappa shape index (κ1) is 13.2. The molecule has 1 aromatic rings. The molecule has 92 valence electrons. The third-order valence-electron chi connectivity index (χ3n) is 2.38. The fourth-order valence-electron chi connectivity index (χ4n) is 1.12. The van der Waals surface area contributed by atoms with Crippen LogP contribution in [0.4, 0.5) is 0 Å². The van der Waals surface area contributed by atoms with Crippen LogP contribution < -0.4 is 5.73 Å². The van der Waals surface area contributed by atoms with Crippen molar-refractivity contribution < 1.29 is 14.0 Å². The molecule has 16 heavy (non-hydrogen) atoms. The zero-order valence-corrected chi connectivity index (χ0v) is 10.2. The average molecular weight is 228 g/mol. The summed E-state index contributed by atoms with van der Waals surface area (Å²) in [5.41, 5.74) is 6.43. The lowest BCUT2D eigenvalue weighted by molar-refractivity contribution is 0.0739. The second-order valence-corrected chi connectivity index (χ2v) is 4.22. The van der Waals surface area contributed by atoms with Gasteiger partial charge in [0, 0.05) is 18.7 Å². The van der Waals surface area contributed by atoms with Crippen LogP contribution in [0.25, 0.3) is 0 Å². The van der Waals surface area contributed by atoms with E-state index in [1.54, 1.807) is 7.11 Å². The van der Waals surface area contributed by atoms with Crippen molar-refractivity contribution in [2.45, 2.75) is 39.0 Å². The van der Waals surface area contributed by atoms with E-state index in [1.807, 2.05) is 19.9 Å². The SMILES string of the molecule is CCC(C)(N)COCc1cc(COC)on1. The monoisotopic (exact) mass is 228 g/mol. The first-order valence-electron chi connectivity index (χ1n) is 5.37. The smallest absolute Gasteiger partial charge is 0.162 e. The van der Waals surface area contributed by atoms with Crippen LogP contribution in [0.5, 0.6) is 0 Å². The van der Waals surface area contributed by atoms with Crippen molar-refractivity contribution in [1.29, 1.82) is 0 Å². The molecule has 0 aliphatic carbocycles. The molecule has 0 saturated carbocycles. The Hall–Kier alpha value is -0.910. The summed E-state index contributed by atoms with van der Waals surface area (Å²) in [7, 11) is 1.61. The van der Waals surface area contributed by atoms with Gasteiger partial charge >= 0.3 is 0 Å². The van der Waals surface area contributed by atoms with E-state index >= 15 is 0 Å². The van der Waals surface area contributed by atoms with Gasteiger partial charge in [-0.3, -0.25) is 0 Å². The summed E-state index contributed by atoms with van der Waals surface area (Å²) in [5, 5.41) is 3.86. The van der Waals surface area contributed by atoms with E-state index in [0.717, 1.165) is 12.1 Å². The van der Waals surface area contributed by atoms with Crippen LogP contribution in [0, 0.1) is 0 Å². The number of rotatable bonds is 7. The Morgan fingerprint density at radius 1 is 1.50 bits per heavy atom. The fourth-order valence-corrected chi connectivity index (χ4v) is 1.12. The Morgan fingerprint density at radius 3 is 2.88 bits per heavy atom. The quantitative estimate of drug-likeness (QED) is 0.765. The van der Waals surface area contributed by atoms with Crippen LogP contribution in [0.2, 0.25) is 0 Å². The lowest BCUT2D eigenvalue weighted by Crippen LogP contribution is -2.40. The molecule has 0 spiro atoms. The van der Waals surface area contributed by atoms with E-state index < -0.39 is 0 Å². The number of hydrogen-bond acceptors (Lipinski definition) is 5. The molecule has 1 atom stereocenters. The molecule has 0 amide bonds. The topological polar surface area (TPSA) is 70.5 Å². The van der Waals surface area contributed by atoms with Crippen LogP contribution >= 0.6 is 0 Å². The molecule has 0 saturated heterocycles. The molecule has 0 radical (unpaired) electrons. The van der Waals surface area contributed by atoms with Crippen LogP contribution in [0.15, 0.2) is 10.6 Å². The predicted molar refractivity (Wildman–Crippen MR) is 59.8 cm³/mol. The van der Waals surface area contributed by atoms with Gasteiger partial charge < -0.3 is 19.7 Å². The maximum atomic E-state index is 5.94. The Morgan fingerprint density at radius 2 is 2.25 bits per heavy atom. The number of nitrogens with zero attached hydrogens (tertiary/aromatic N) is 1. The van der Waals surface area contributed by atoms with E-state index in [0.29, 0.717) is 25.6 Å². The van der Waals surface area contributed by atoms with E-state index in [2.05, 4.69) is 5.16 Å². The summed E-state index contributed by atoms with van der Waals surface area (Å²) in [6, 6.07) is 1.82. The highest BCUT2D eigenvalue weighted by Gasteiger charge is 2.15. The van der Waals surface area contributed by atoms with Gasteiger partial charge in [-0.25, -0.2) is 0 Å². The van der Waals surface area contributed by atoms with Crippen LogP contribution in [0.1, 0.15) is 31.7 Å². The molecule has 1 rings (SSSR count). The third-order valence-corrected chi connectivity index (χ3v) is 2.38. The van der Waals surface area contributed by atoms with E-state index in [9.17, 15) is 0 Å². The molecule has 2 N–H and O–H groups in total. The minimum Gasteiger partial charge on any atom is -0.377 e. The molecule has 1 heterocycles. The van der Waals surface area contributed by atoms with Gasteiger partial charge in [0.1, 0.15) is 12.3 Å². The Bertz CT molecular complexity index is 310. The summed E-state index contributed by atoms with van der Waals surface area (Å²) < 4.78 is 15.4. The van der Waals surface area contributed by atoms with Crippen molar-refractivity contribution in [3.63, 3.8) is 0 Å². The molecule has 0 aliphatic heterocycles. The molecule has 1 aromatic heterocycles. The largest absolute Gasteiger partial charge is 0.377 e. The van der Waals surface area contributed by atoms with E-state index in [1.165, 1.54) is 0 Å². The molecular weight excluding hydrogens is 208 g/mol. The molecule has 0 fully saturated rings. The first-order chi connectivity index (χ1) is 7.57. The highest BCUT2D eigenvalue weighted by molar-refractivity contribution is 5.03. The lowest BCUT2D eigenvalue weighted by Gasteiger charge is -2.21. The number of nitrogens with two attached hydrogens (primary N) is 1. The van der Waals surface area contributed by atoms with Gasteiger partial charge in [-0.2, -0.15) is 0 Å². The second-order valence-electron chi connectivity index (χ2n) is 4.22. The van der Waals surface area contributed by atoms with Crippen LogP contribution in [0.3, 0.4) is 0 Å². The van der Waals surface area contributed by atoms with Crippen molar-refractivity contribution in [3.8, 4) is 0 Å². The molecule has 1 unspecified atom stereocenters. The molecule has 0 aromatic carbocycles. The Kier molecular flexibility index (Phi) is 4.92. The van der Waals surface area contributed by atoms with Crippen LogP contribution in [-0.4, -0.2) is 24.4 Å². The average Bonchev–Trinajstić information content (AvgIpc) is 2.66. The Labute approximate surface area is 95.9 Å². The number of ether oxygens (including phenoxy) is 2. The summed E-state index contributed by atoms with van der Waals surface area (Å²) in [6.45, 7) is 5.36. The van der Waals surface area contributed by atoms with Crippen molar-refractivity contribution in [1.82, 2.24) is 5.16 Å². The lowest BCUT2D eigenvalue weighted by atomic mass is 10.0. The molecule has 0 aliphatic rings. The van der Waals surface area contributed by atoms with Crippen molar-refractivity contribution in [2.24, 2.45) is 5.73 Å². The molecule has 5 nitrogen and oxygen atoms in total. The minimum atomic E-state index is -0.279. The van der Waals surface area contributed by atoms with Gasteiger partial charge in [-0.1, -0.05) is 12.1 Å². The van der Waals surface area contributed by atoms with Gasteiger partial charge in [0.2, 0.25) is 0 Å². The number of hydrogen-bond donors (Lipinski definition) is 1.